The summed E-state index contributed by atoms with van der Waals surface area (Å²) in [7, 11) is 0.438. The van der Waals surface area contributed by atoms with Gasteiger partial charge in [-0.05, 0) is 87.9 Å². The Kier molecular flexibility index (Phi) is 6.10. The molecule has 0 bridgehead atoms. The van der Waals surface area contributed by atoms with Crippen molar-refractivity contribution in [2.75, 3.05) is 0 Å². The highest BCUT2D eigenvalue weighted by Gasteiger charge is 2.47. The van der Waals surface area contributed by atoms with E-state index < -0.39 is 0 Å². The minimum atomic E-state index is -0.0666. The predicted molar refractivity (Wildman–Crippen MR) is 92.2 cm³/mol. The zero-order valence-electron chi connectivity index (χ0n) is 13.7. The molecule has 0 atom stereocenters. The highest BCUT2D eigenvalue weighted by molar-refractivity contribution is 7.98. The van der Waals surface area contributed by atoms with E-state index in [1.165, 1.54) is 38.5 Å². The van der Waals surface area contributed by atoms with Gasteiger partial charge in [-0.3, -0.25) is 0 Å². The number of aliphatic hydroxyl groups excluding tert-OH is 3. The minimum absolute atomic E-state index is 0.0666. The highest BCUT2D eigenvalue weighted by atomic mass is 32.2. The van der Waals surface area contributed by atoms with Crippen LogP contribution in [0.5, 0.6) is 0 Å². The molecular formula is C18H33O3S+. The topological polar surface area (TPSA) is 60.7 Å². The number of hydrogen-bond acceptors (Lipinski definition) is 3. The van der Waals surface area contributed by atoms with Crippen LogP contribution >= 0.6 is 0 Å². The van der Waals surface area contributed by atoms with E-state index in [-0.39, 0.29) is 18.3 Å². The fraction of sp³-hybridized carbons (Fsp3) is 1.00. The largest absolute Gasteiger partial charge is 0.393 e. The molecule has 3 N–H and O–H groups in total. The van der Waals surface area contributed by atoms with E-state index in [0.717, 1.165) is 54.3 Å². The van der Waals surface area contributed by atoms with Gasteiger partial charge in [-0.15, -0.1) is 0 Å². The summed E-state index contributed by atoms with van der Waals surface area (Å²) in [5, 5.41) is 31.9. The van der Waals surface area contributed by atoms with E-state index in [1.54, 1.807) is 0 Å². The molecule has 0 amide bonds. The van der Waals surface area contributed by atoms with Crippen molar-refractivity contribution in [3.63, 3.8) is 0 Å². The molecule has 0 heterocycles. The highest BCUT2D eigenvalue weighted by Crippen LogP contribution is 2.40. The second-order valence-corrected chi connectivity index (χ2v) is 10.5. The summed E-state index contributed by atoms with van der Waals surface area (Å²) >= 11 is 0. The quantitative estimate of drug-likeness (QED) is 0.697. The lowest BCUT2D eigenvalue weighted by molar-refractivity contribution is 0.125. The summed E-state index contributed by atoms with van der Waals surface area (Å²) in [4.78, 5) is 0. The molecule has 22 heavy (non-hydrogen) atoms. The van der Waals surface area contributed by atoms with E-state index in [0.29, 0.717) is 10.9 Å². The lowest BCUT2D eigenvalue weighted by Gasteiger charge is -2.38. The molecule has 3 saturated carbocycles. The van der Waals surface area contributed by atoms with Gasteiger partial charge in [0, 0.05) is 0 Å². The molecule has 0 unspecified atom stereocenters. The molecule has 3 aliphatic rings. The molecule has 128 valence electrons. The Balaban J connectivity index is 1.67. The normalized spacial score (nSPS) is 45.4. The average Bonchev–Trinajstić information content (AvgIpc) is 2.53. The van der Waals surface area contributed by atoms with Crippen molar-refractivity contribution in [3.8, 4) is 0 Å². The van der Waals surface area contributed by atoms with Crippen LogP contribution in [0.1, 0.15) is 77.0 Å². The van der Waals surface area contributed by atoms with Gasteiger partial charge in [-0.2, -0.15) is 0 Å². The Morgan fingerprint density at radius 1 is 0.409 bits per heavy atom. The monoisotopic (exact) mass is 329 g/mol. The van der Waals surface area contributed by atoms with Gasteiger partial charge in [0.1, 0.15) is 15.7 Å². The summed E-state index contributed by atoms with van der Waals surface area (Å²) in [6, 6.07) is 0. The van der Waals surface area contributed by atoms with Crippen LogP contribution in [0.3, 0.4) is 0 Å². The molecule has 0 aromatic heterocycles. The Labute approximate surface area is 137 Å². The van der Waals surface area contributed by atoms with Crippen molar-refractivity contribution >= 4 is 10.9 Å². The second kappa shape index (κ2) is 7.87. The van der Waals surface area contributed by atoms with Crippen LogP contribution in [0.4, 0.5) is 0 Å². The lowest BCUT2D eigenvalue weighted by Crippen LogP contribution is -2.46. The lowest BCUT2D eigenvalue weighted by atomic mass is 9.96. The van der Waals surface area contributed by atoms with Gasteiger partial charge in [0.2, 0.25) is 0 Å². The Hall–Kier alpha value is 0.230. The molecule has 0 aromatic carbocycles. The van der Waals surface area contributed by atoms with Crippen molar-refractivity contribution in [2.24, 2.45) is 0 Å². The predicted octanol–water partition coefficient (Wildman–Crippen LogP) is 2.52. The van der Waals surface area contributed by atoms with Gasteiger partial charge in [-0.1, -0.05) is 0 Å². The number of hydrogen-bond donors (Lipinski definition) is 3. The molecule has 0 saturated heterocycles. The second-order valence-electron chi connectivity index (χ2n) is 7.70. The molecule has 3 fully saturated rings. The fourth-order valence-electron chi connectivity index (χ4n) is 4.77. The zero-order chi connectivity index (χ0) is 15.5. The molecule has 3 rings (SSSR count). The Morgan fingerprint density at radius 2 is 0.636 bits per heavy atom. The van der Waals surface area contributed by atoms with Crippen molar-refractivity contribution in [2.45, 2.75) is 111 Å². The van der Waals surface area contributed by atoms with Crippen LogP contribution in [0, 0.1) is 0 Å². The fourth-order valence-corrected chi connectivity index (χ4v) is 8.85. The summed E-state index contributed by atoms with van der Waals surface area (Å²) in [5.74, 6) is 0. The van der Waals surface area contributed by atoms with E-state index in [4.69, 9.17) is 0 Å². The van der Waals surface area contributed by atoms with Gasteiger partial charge >= 0.3 is 0 Å². The van der Waals surface area contributed by atoms with Gasteiger partial charge in [-0.25, -0.2) is 0 Å². The molecular weight excluding hydrogens is 296 g/mol. The van der Waals surface area contributed by atoms with E-state index in [2.05, 4.69) is 0 Å². The van der Waals surface area contributed by atoms with Gasteiger partial charge in [0.15, 0.2) is 0 Å². The third-order valence-corrected chi connectivity index (χ3v) is 9.81. The zero-order valence-corrected chi connectivity index (χ0v) is 14.5. The first-order valence-electron chi connectivity index (χ1n) is 9.38. The third kappa shape index (κ3) is 4.19. The SMILES string of the molecule is OC1CCC([S+](C2CCC(O)CC2)C2CCC(O)CC2)CC1. The molecule has 4 heteroatoms. The summed E-state index contributed by atoms with van der Waals surface area (Å²) in [6.07, 6.45) is 12.9. The summed E-state index contributed by atoms with van der Waals surface area (Å²) in [6.45, 7) is 0. The molecule has 0 aliphatic heterocycles. The first kappa shape index (κ1) is 17.1. The van der Waals surface area contributed by atoms with E-state index in [9.17, 15) is 15.3 Å². The van der Waals surface area contributed by atoms with Crippen LogP contribution in [0.25, 0.3) is 0 Å². The van der Waals surface area contributed by atoms with Crippen LogP contribution < -0.4 is 0 Å². The Bertz CT molecular complexity index is 275. The molecule has 0 radical (unpaired) electrons. The first-order valence-corrected chi connectivity index (χ1v) is 10.8. The van der Waals surface area contributed by atoms with Crippen molar-refractivity contribution in [1.82, 2.24) is 0 Å². The standard InChI is InChI=1S/C18H33O3S/c19-13-1-7-16(8-2-13)22(17-9-3-14(20)4-10-17)18-11-5-15(21)6-12-18/h13-21H,1-12H2/q+1. The van der Waals surface area contributed by atoms with Crippen molar-refractivity contribution < 1.29 is 15.3 Å². The maximum absolute atomic E-state index is 9.84. The van der Waals surface area contributed by atoms with Gasteiger partial charge in [0.25, 0.3) is 0 Å². The van der Waals surface area contributed by atoms with E-state index in [1.807, 2.05) is 0 Å². The third-order valence-electron chi connectivity index (χ3n) is 6.09. The number of rotatable bonds is 3. The van der Waals surface area contributed by atoms with Crippen LogP contribution in [-0.2, 0) is 10.9 Å². The average molecular weight is 330 g/mol. The summed E-state index contributed by atoms with van der Waals surface area (Å²) < 4.78 is 0. The maximum Gasteiger partial charge on any atom is 0.119 e. The molecule has 3 aliphatic carbocycles. The van der Waals surface area contributed by atoms with E-state index >= 15 is 0 Å². The molecule has 3 nitrogen and oxygen atoms in total. The number of aliphatic hydroxyl groups is 3. The molecule has 0 spiro atoms. The Morgan fingerprint density at radius 3 is 0.864 bits per heavy atom. The van der Waals surface area contributed by atoms with Gasteiger partial charge < -0.3 is 15.3 Å². The molecule has 0 aromatic rings. The van der Waals surface area contributed by atoms with Crippen molar-refractivity contribution in [3.05, 3.63) is 0 Å². The summed E-state index contributed by atoms with van der Waals surface area (Å²) in [5.41, 5.74) is 0. The first-order chi connectivity index (χ1) is 10.6. The van der Waals surface area contributed by atoms with Gasteiger partial charge in [0.05, 0.1) is 18.3 Å². The smallest absolute Gasteiger partial charge is 0.119 e. The van der Waals surface area contributed by atoms with Crippen LogP contribution in [0.2, 0.25) is 0 Å². The van der Waals surface area contributed by atoms with Crippen LogP contribution in [-0.4, -0.2) is 49.4 Å². The van der Waals surface area contributed by atoms with Crippen molar-refractivity contribution in [1.29, 1.82) is 0 Å². The van der Waals surface area contributed by atoms with Crippen LogP contribution in [0.15, 0.2) is 0 Å². The maximum atomic E-state index is 9.84. The minimum Gasteiger partial charge on any atom is -0.393 e.